The Hall–Kier alpha value is -3.46. The molecule has 0 bridgehead atoms. The zero-order chi connectivity index (χ0) is 19.9. The molecule has 0 aliphatic rings. The number of carbonyl (C=O) groups is 1. The maximum absolute atomic E-state index is 12.7. The van der Waals surface area contributed by atoms with E-state index in [9.17, 15) is 4.79 Å². The Morgan fingerprint density at radius 2 is 2.18 bits per heavy atom. The molecule has 28 heavy (non-hydrogen) atoms. The van der Waals surface area contributed by atoms with Crippen molar-refractivity contribution in [3.8, 4) is 17.5 Å². The zero-order valence-corrected chi connectivity index (χ0v) is 15.4. The summed E-state index contributed by atoms with van der Waals surface area (Å²) in [6.07, 6.45) is 3.53. The largest absolute Gasteiger partial charge is 0.477 e. The SMILES string of the molecule is Cc1cccnc1CNC(=O)c1c(N)nc(-c2ccco2)nc1OCCCO. The Kier molecular flexibility index (Phi) is 6.18. The van der Waals surface area contributed by atoms with Crippen LogP contribution in [0, 0.1) is 6.92 Å². The summed E-state index contributed by atoms with van der Waals surface area (Å²) in [5, 5.41) is 11.7. The van der Waals surface area contributed by atoms with Gasteiger partial charge in [0.05, 0.1) is 25.1 Å². The zero-order valence-electron chi connectivity index (χ0n) is 15.4. The van der Waals surface area contributed by atoms with Crippen molar-refractivity contribution in [2.75, 3.05) is 18.9 Å². The van der Waals surface area contributed by atoms with Gasteiger partial charge in [0, 0.05) is 19.2 Å². The summed E-state index contributed by atoms with van der Waals surface area (Å²) in [5.41, 5.74) is 7.76. The number of hydrogen-bond acceptors (Lipinski definition) is 8. The van der Waals surface area contributed by atoms with Crippen molar-refractivity contribution >= 4 is 11.7 Å². The number of ether oxygens (including phenoxy) is 1. The van der Waals surface area contributed by atoms with Crippen molar-refractivity contribution in [3.63, 3.8) is 0 Å². The van der Waals surface area contributed by atoms with Crippen LogP contribution < -0.4 is 15.8 Å². The van der Waals surface area contributed by atoms with Crippen molar-refractivity contribution in [3.05, 3.63) is 53.5 Å². The lowest BCUT2D eigenvalue weighted by Gasteiger charge is -2.13. The molecule has 0 unspecified atom stereocenters. The molecule has 9 nitrogen and oxygen atoms in total. The monoisotopic (exact) mass is 383 g/mol. The second-order valence-electron chi connectivity index (χ2n) is 5.97. The molecular weight excluding hydrogens is 362 g/mol. The molecular formula is C19H21N5O4. The van der Waals surface area contributed by atoms with Crippen molar-refractivity contribution in [2.24, 2.45) is 0 Å². The molecule has 9 heteroatoms. The lowest BCUT2D eigenvalue weighted by molar-refractivity contribution is 0.0945. The summed E-state index contributed by atoms with van der Waals surface area (Å²) in [6, 6.07) is 7.10. The second-order valence-corrected chi connectivity index (χ2v) is 5.97. The Labute approximate surface area is 161 Å². The number of nitrogens with one attached hydrogen (secondary N) is 1. The molecule has 0 saturated carbocycles. The Morgan fingerprint density at radius 3 is 2.89 bits per heavy atom. The van der Waals surface area contributed by atoms with E-state index in [0.29, 0.717) is 12.2 Å². The number of anilines is 1. The highest BCUT2D eigenvalue weighted by atomic mass is 16.5. The van der Waals surface area contributed by atoms with E-state index in [1.165, 1.54) is 6.26 Å². The third-order valence-electron chi connectivity index (χ3n) is 3.95. The van der Waals surface area contributed by atoms with Crippen LogP contribution in [-0.4, -0.2) is 39.2 Å². The number of nitrogen functional groups attached to an aromatic ring is 1. The van der Waals surface area contributed by atoms with Crippen molar-refractivity contribution in [2.45, 2.75) is 19.9 Å². The average molecular weight is 383 g/mol. The number of aliphatic hydroxyl groups excluding tert-OH is 1. The molecule has 0 atom stereocenters. The van der Waals surface area contributed by atoms with Gasteiger partial charge < -0.3 is 25.3 Å². The maximum Gasteiger partial charge on any atom is 0.260 e. The van der Waals surface area contributed by atoms with Crippen LogP contribution in [-0.2, 0) is 6.54 Å². The highest BCUT2D eigenvalue weighted by molar-refractivity contribution is 6.00. The van der Waals surface area contributed by atoms with E-state index in [1.807, 2.05) is 19.1 Å². The van der Waals surface area contributed by atoms with Crippen LogP contribution in [0.15, 0.2) is 41.1 Å². The minimum absolute atomic E-state index is 0.0295. The number of pyridine rings is 1. The maximum atomic E-state index is 12.7. The van der Waals surface area contributed by atoms with Gasteiger partial charge in [-0.25, -0.2) is 4.98 Å². The predicted octanol–water partition coefficient (Wildman–Crippen LogP) is 1.71. The van der Waals surface area contributed by atoms with Crippen molar-refractivity contribution in [1.29, 1.82) is 0 Å². The highest BCUT2D eigenvalue weighted by Gasteiger charge is 2.22. The lowest BCUT2D eigenvalue weighted by Crippen LogP contribution is -2.26. The molecule has 3 aromatic heterocycles. The number of nitrogens with zero attached hydrogens (tertiary/aromatic N) is 3. The Balaban J connectivity index is 1.87. The molecule has 0 fully saturated rings. The number of hydrogen-bond donors (Lipinski definition) is 3. The van der Waals surface area contributed by atoms with Gasteiger partial charge in [-0.3, -0.25) is 9.78 Å². The number of aromatic nitrogens is 3. The first-order chi connectivity index (χ1) is 13.6. The van der Waals surface area contributed by atoms with Gasteiger partial charge in [0.15, 0.2) is 5.76 Å². The first kappa shape index (κ1) is 19.3. The van der Waals surface area contributed by atoms with Crippen LogP contribution in [0.4, 0.5) is 5.82 Å². The molecule has 0 saturated heterocycles. The van der Waals surface area contributed by atoms with Crippen LogP contribution >= 0.6 is 0 Å². The topological polar surface area (TPSA) is 136 Å². The molecule has 0 aliphatic heterocycles. The van der Waals surface area contributed by atoms with Gasteiger partial charge in [-0.2, -0.15) is 4.98 Å². The first-order valence-electron chi connectivity index (χ1n) is 8.74. The number of nitrogens with two attached hydrogens (primary N) is 1. The number of carbonyl (C=O) groups excluding carboxylic acids is 1. The van der Waals surface area contributed by atoms with Gasteiger partial charge >= 0.3 is 0 Å². The predicted molar refractivity (Wildman–Crippen MR) is 101 cm³/mol. The summed E-state index contributed by atoms with van der Waals surface area (Å²) >= 11 is 0. The van der Waals surface area contributed by atoms with E-state index < -0.39 is 5.91 Å². The molecule has 3 heterocycles. The second kappa shape index (κ2) is 8.96. The molecule has 0 radical (unpaired) electrons. The van der Waals surface area contributed by atoms with E-state index in [0.717, 1.165) is 11.3 Å². The normalized spacial score (nSPS) is 10.6. The van der Waals surface area contributed by atoms with Gasteiger partial charge in [0.1, 0.15) is 11.4 Å². The number of amides is 1. The van der Waals surface area contributed by atoms with Gasteiger partial charge in [0.25, 0.3) is 5.91 Å². The molecule has 0 aliphatic carbocycles. The van der Waals surface area contributed by atoms with Crippen molar-refractivity contribution in [1.82, 2.24) is 20.3 Å². The lowest BCUT2D eigenvalue weighted by atomic mass is 10.2. The minimum Gasteiger partial charge on any atom is -0.477 e. The fraction of sp³-hybridized carbons (Fsp3) is 0.263. The molecule has 0 aromatic carbocycles. The van der Waals surface area contributed by atoms with Gasteiger partial charge in [-0.1, -0.05) is 6.07 Å². The number of rotatable bonds is 8. The molecule has 4 N–H and O–H groups in total. The summed E-state index contributed by atoms with van der Waals surface area (Å²) in [5.74, 6) is 0.124. The molecule has 3 aromatic rings. The fourth-order valence-corrected chi connectivity index (χ4v) is 2.48. The van der Waals surface area contributed by atoms with Crippen LogP contribution in [0.5, 0.6) is 5.88 Å². The van der Waals surface area contributed by atoms with E-state index in [-0.39, 0.29) is 42.8 Å². The number of furan rings is 1. The molecule has 1 amide bonds. The fourth-order valence-electron chi connectivity index (χ4n) is 2.48. The van der Waals surface area contributed by atoms with Crippen LogP contribution in [0.1, 0.15) is 28.0 Å². The molecule has 146 valence electrons. The summed E-state index contributed by atoms with van der Waals surface area (Å²) in [4.78, 5) is 25.4. The van der Waals surface area contributed by atoms with Crippen LogP contribution in [0.3, 0.4) is 0 Å². The van der Waals surface area contributed by atoms with E-state index in [4.69, 9.17) is 20.0 Å². The summed E-state index contributed by atoms with van der Waals surface area (Å²) in [7, 11) is 0. The van der Waals surface area contributed by atoms with Gasteiger partial charge in [0.2, 0.25) is 11.7 Å². The minimum atomic E-state index is -0.479. The standard InChI is InChI=1S/C19H21N5O4/c1-12-5-2-7-21-13(12)11-22-18(26)15-16(20)23-17(14-6-3-9-27-14)24-19(15)28-10-4-8-25/h2-3,5-7,9,25H,4,8,10-11H2,1H3,(H,22,26)(H2,20,23,24). The van der Waals surface area contributed by atoms with Crippen LogP contribution in [0.25, 0.3) is 11.6 Å². The van der Waals surface area contributed by atoms with Crippen LogP contribution in [0.2, 0.25) is 0 Å². The number of aryl methyl sites for hydroxylation is 1. The smallest absolute Gasteiger partial charge is 0.260 e. The molecule has 3 rings (SSSR count). The third kappa shape index (κ3) is 4.44. The summed E-state index contributed by atoms with van der Waals surface area (Å²) < 4.78 is 10.9. The van der Waals surface area contributed by atoms with Crippen molar-refractivity contribution < 1.29 is 19.1 Å². The summed E-state index contributed by atoms with van der Waals surface area (Å²) in [6.45, 7) is 2.25. The average Bonchev–Trinajstić information content (AvgIpc) is 3.22. The highest BCUT2D eigenvalue weighted by Crippen LogP contribution is 2.26. The van der Waals surface area contributed by atoms with E-state index in [2.05, 4.69) is 20.3 Å². The van der Waals surface area contributed by atoms with Gasteiger partial charge in [-0.05, 0) is 30.7 Å². The Bertz CT molecular complexity index is 944. The quantitative estimate of drug-likeness (QED) is 0.500. The Morgan fingerprint density at radius 1 is 1.32 bits per heavy atom. The first-order valence-corrected chi connectivity index (χ1v) is 8.74. The van der Waals surface area contributed by atoms with Gasteiger partial charge in [-0.15, -0.1) is 0 Å². The molecule has 0 spiro atoms. The third-order valence-corrected chi connectivity index (χ3v) is 3.95. The number of aliphatic hydroxyl groups is 1. The van der Waals surface area contributed by atoms with E-state index in [1.54, 1.807) is 18.3 Å². The van der Waals surface area contributed by atoms with E-state index >= 15 is 0 Å².